The third-order valence-corrected chi connectivity index (χ3v) is 3.46. The number of hydrogen-bond donors (Lipinski definition) is 0. The molecule has 0 aromatic carbocycles. The first kappa shape index (κ1) is 5.17. The van der Waals surface area contributed by atoms with Crippen LogP contribution in [0.2, 0.25) is 0 Å². The second kappa shape index (κ2) is 1.55. The summed E-state index contributed by atoms with van der Waals surface area (Å²) < 4.78 is 0. The summed E-state index contributed by atoms with van der Waals surface area (Å²) in [5.74, 6) is 3.82. The lowest BCUT2D eigenvalue weighted by atomic mass is 9.86. The van der Waals surface area contributed by atoms with Gasteiger partial charge in [0.2, 0.25) is 0 Å². The molecule has 1 fully saturated rings. The van der Waals surface area contributed by atoms with Gasteiger partial charge < -0.3 is 0 Å². The largest absolute Gasteiger partial charge is 0.0879 e. The summed E-state index contributed by atoms with van der Waals surface area (Å²) in [6.07, 6.45) is 12.5. The zero-order valence-electron chi connectivity index (χ0n) is 6.03. The molecule has 0 N–H and O–H groups in total. The van der Waals surface area contributed by atoms with Gasteiger partial charge in [0, 0.05) is 0 Å². The molecule has 52 valence electrons. The van der Waals surface area contributed by atoms with Gasteiger partial charge in [-0.15, -0.1) is 0 Å². The van der Waals surface area contributed by atoms with Crippen LogP contribution in [0.1, 0.15) is 12.8 Å². The van der Waals surface area contributed by atoms with Crippen LogP contribution in [0.4, 0.5) is 0 Å². The number of rotatable bonds is 0. The van der Waals surface area contributed by atoms with Gasteiger partial charge in [-0.05, 0) is 36.5 Å². The fourth-order valence-electron chi connectivity index (χ4n) is 2.97. The molecule has 0 spiro atoms. The monoisotopic (exact) mass is 132 g/mol. The molecule has 0 aromatic heterocycles. The molecule has 3 rings (SSSR count). The molecule has 3 aliphatic rings. The van der Waals surface area contributed by atoms with Gasteiger partial charge in [-0.1, -0.05) is 24.3 Å². The molecule has 0 aromatic rings. The number of fused-ring (bicyclic) bond motifs is 5. The predicted octanol–water partition coefficient (Wildman–Crippen LogP) is 2.38. The van der Waals surface area contributed by atoms with Crippen molar-refractivity contribution in [3.8, 4) is 0 Å². The highest BCUT2D eigenvalue weighted by molar-refractivity contribution is 5.21. The van der Waals surface area contributed by atoms with Crippen LogP contribution in [-0.4, -0.2) is 0 Å². The first-order valence-electron chi connectivity index (χ1n) is 4.30. The molecule has 0 nitrogen and oxygen atoms in total. The molecule has 0 saturated heterocycles. The molecule has 4 atom stereocenters. The first-order valence-corrected chi connectivity index (χ1v) is 4.30. The van der Waals surface area contributed by atoms with Crippen molar-refractivity contribution in [1.82, 2.24) is 0 Å². The van der Waals surface area contributed by atoms with Crippen LogP contribution in [0.25, 0.3) is 0 Å². The predicted molar refractivity (Wildman–Crippen MR) is 41.5 cm³/mol. The Balaban J connectivity index is 2.04. The van der Waals surface area contributed by atoms with Crippen LogP contribution in [0, 0.1) is 23.7 Å². The Hall–Kier alpha value is -0.520. The van der Waals surface area contributed by atoms with E-state index in [1.54, 1.807) is 0 Å². The molecule has 0 amide bonds. The maximum atomic E-state index is 2.44. The Kier molecular flexibility index (Phi) is 0.803. The minimum absolute atomic E-state index is 0.925. The van der Waals surface area contributed by atoms with Gasteiger partial charge in [-0.25, -0.2) is 0 Å². The third-order valence-electron chi connectivity index (χ3n) is 3.46. The zero-order chi connectivity index (χ0) is 6.55. The standard InChI is InChI=1S/C10H12/c1-2-9-7-4-5-8(6-7)10(9)3-1/h1-2,4-5,7-10H,3,6H2/t7-,8+,9-,10+/m1/s1. The topological polar surface area (TPSA) is 0 Å². The van der Waals surface area contributed by atoms with Crippen LogP contribution in [0.3, 0.4) is 0 Å². The van der Waals surface area contributed by atoms with Crippen LogP contribution in [0.15, 0.2) is 24.3 Å². The van der Waals surface area contributed by atoms with Crippen molar-refractivity contribution in [2.24, 2.45) is 23.7 Å². The summed E-state index contributed by atoms with van der Waals surface area (Å²) in [5.41, 5.74) is 0. The van der Waals surface area contributed by atoms with Crippen molar-refractivity contribution in [1.29, 1.82) is 0 Å². The van der Waals surface area contributed by atoms with Crippen molar-refractivity contribution < 1.29 is 0 Å². The average molecular weight is 132 g/mol. The van der Waals surface area contributed by atoms with Crippen LogP contribution in [-0.2, 0) is 0 Å². The summed E-state index contributed by atoms with van der Waals surface area (Å²) in [6, 6.07) is 0. The summed E-state index contributed by atoms with van der Waals surface area (Å²) >= 11 is 0. The summed E-state index contributed by atoms with van der Waals surface area (Å²) in [6.45, 7) is 0. The molecule has 2 bridgehead atoms. The van der Waals surface area contributed by atoms with Crippen LogP contribution in [0.5, 0.6) is 0 Å². The maximum Gasteiger partial charge on any atom is -0.0133 e. The van der Waals surface area contributed by atoms with Gasteiger partial charge in [-0.2, -0.15) is 0 Å². The smallest absolute Gasteiger partial charge is 0.0133 e. The van der Waals surface area contributed by atoms with Gasteiger partial charge >= 0.3 is 0 Å². The van der Waals surface area contributed by atoms with Crippen molar-refractivity contribution in [3.63, 3.8) is 0 Å². The highest BCUT2D eigenvalue weighted by Gasteiger charge is 2.44. The van der Waals surface area contributed by atoms with Gasteiger partial charge in [0.05, 0.1) is 0 Å². The second-order valence-corrected chi connectivity index (χ2v) is 3.85. The average Bonchev–Trinajstić information content (AvgIpc) is 2.60. The Morgan fingerprint density at radius 1 is 1.00 bits per heavy atom. The van der Waals surface area contributed by atoms with E-state index in [0.717, 1.165) is 23.7 Å². The molecule has 10 heavy (non-hydrogen) atoms. The van der Waals surface area contributed by atoms with E-state index in [2.05, 4.69) is 24.3 Å². The van der Waals surface area contributed by atoms with Crippen LogP contribution >= 0.6 is 0 Å². The Labute approximate surface area is 61.6 Å². The van der Waals surface area contributed by atoms with E-state index in [0.29, 0.717) is 0 Å². The molecule has 0 aliphatic heterocycles. The fourth-order valence-corrected chi connectivity index (χ4v) is 2.97. The summed E-state index contributed by atoms with van der Waals surface area (Å²) in [7, 11) is 0. The number of allylic oxidation sites excluding steroid dienone is 4. The van der Waals surface area contributed by atoms with Gasteiger partial charge in [0.1, 0.15) is 0 Å². The molecule has 3 aliphatic carbocycles. The fraction of sp³-hybridized carbons (Fsp3) is 0.600. The minimum atomic E-state index is 0.925. The van der Waals surface area contributed by atoms with Gasteiger partial charge in [-0.3, -0.25) is 0 Å². The molecule has 1 saturated carbocycles. The van der Waals surface area contributed by atoms with Gasteiger partial charge in [0.25, 0.3) is 0 Å². The van der Waals surface area contributed by atoms with Crippen molar-refractivity contribution in [2.45, 2.75) is 12.8 Å². The van der Waals surface area contributed by atoms with E-state index in [-0.39, 0.29) is 0 Å². The minimum Gasteiger partial charge on any atom is -0.0879 e. The molecular weight excluding hydrogens is 120 g/mol. The SMILES string of the molecule is C1=C[C@H]2[C@@H](C1)[C@H]1C=C[C@@H]2C1. The van der Waals surface area contributed by atoms with E-state index in [1.165, 1.54) is 12.8 Å². The molecule has 0 heteroatoms. The third kappa shape index (κ3) is 0.448. The van der Waals surface area contributed by atoms with Crippen molar-refractivity contribution in [2.75, 3.05) is 0 Å². The maximum absolute atomic E-state index is 2.44. The van der Waals surface area contributed by atoms with E-state index >= 15 is 0 Å². The normalized spacial score (nSPS) is 54.4. The first-order chi connectivity index (χ1) is 4.95. The van der Waals surface area contributed by atoms with E-state index in [1.807, 2.05) is 0 Å². The Morgan fingerprint density at radius 2 is 1.90 bits per heavy atom. The molecular formula is C10H12. The highest BCUT2D eigenvalue weighted by atomic mass is 14.5. The Morgan fingerprint density at radius 3 is 2.80 bits per heavy atom. The van der Waals surface area contributed by atoms with E-state index < -0.39 is 0 Å². The van der Waals surface area contributed by atoms with E-state index in [9.17, 15) is 0 Å². The van der Waals surface area contributed by atoms with Crippen molar-refractivity contribution in [3.05, 3.63) is 24.3 Å². The quantitative estimate of drug-likeness (QED) is 0.444. The lowest BCUT2D eigenvalue weighted by molar-refractivity contribution is 0.398. The van der Waals surface area contributed by atoms with Crippen LogP contribution < -0.4 is 0 Å². The van der Waals surface area contributed by atoms with Gasteiger partial charge in [0.15, 0.2) is 0 Å². The summed E-state index contributed by atoms with van der Waals surface area (Å²) in [5, 5.41) is 0. The lowest BCUT2D eigenvalue weighted by Crippen LogP contribution is -2.12. The lowest BCUT2D eigenvalue weighted by Gasteiger charge is -2.18. The Bertz CT molecular complexity index is 212. The zero-order valence-corrected chi connectivity index (χ0v) is 6.03. The summed E-state index contributed by atoms with van der Waals surface area (Å²) in [4.78, 5) is 0. The molecule has 0 radical (unpaired) electrons. The number of hydrogen-bond acceptors (Lipinski definition) is 0. The highest BCUT2D eigenvalue weighted by Crippen LogP contribution is 2.52. The molecule has 0 heterocycles. The molecule has 0 unspecified atom stereocenters. The van der Waals surface area contributed by atoms with E-state index in [4.69, 9.17) is 0 Å². The van der Waals surface area contributed by atoms with Crippen molar-refractivity contribution >= 4 is 0 Å². The second-order valence-electron chi connectivity index (χ2n) is 3.85.